The average molecular weight is 419 g/mol. The van der Waals surface area contributed by atoms with E-state index in [0.29, 0.717) is 6.42 Å². The first-order chi connectivity index (χ1) is 14.1. The Balaban J connectivity index is 2.11. The molecule has 29 heavy (non-hydrogen) atoms. The van der Waals surface area contributed by atoms with E-state index in [0.717, 1.165) is 30.6 Å². The summed E-state index contributed by atoms with van der Waals surface area (Å²) >= 11 is 1.59. The van der Waals surface area contributed by atoms with Gasteiger partial charge in [0.25, 0.3) is 0 Å². The molecule has 0 unspecified atom stereocenters. The summed E-state index contributed by atoms with van der Waals surface area (Å²) in [5, 5.41) is 0. The lowest BCUT2D eigenvalue weighted by molar-refractivity contribution is -0.146. The second kappa shape index (κ2) is 12.9. The zero-order valence-electron chi connectivity index (χ0n) is 17.9. The van der Waals surface area contributed by atoms with Crippen molar-refractivity contribution in [3.63, 3.8) is 0 Å². The Morgan fingerprint density at radius 3 is 2.66 bits per heavy atom. The summed E-state index contributed by atoms with van der Waals surface area (Å²) in [5.74, 6) is 0.525. The fraction of sp³-hybridized carbons (Fsp3) is 0.542. The second-order valence-corrected chi connectivity index (χ2v) is 8.97. The van der Waals surface area contributed by atoms with Crippen LogP contribution >= 0.6 is 11.8 Å². The van der Waals surface area contributed by atoms with Gasteiger partial charge in [-0.2, -0.15) is 0 Å². The zero-order chi connectivity index (χ0) is 21.0. The summed E-state index contributed by atoms with van der Waals surface area (Å²) in [5.41, 5.74) is 2.21. The maximum absolute atomic E-state index is 13.1. The molecule has 0 saturated carbocycles. The number of rotatable bonds is 10. The molecule has 160 valence electrons. The Labute approximate surface area is 179 Å². The molecule has 0 fully saturated rings. The zero-order valence-corrected chi connectivity index (χ0v) is 18.7. The van der Waals surface area contributed by atoms with Crippen LogP contribution in [0.25, 0.3) is 0 Å². The number of hydrogen-bond acceptors (Lipinski definition) is 5. The molecular formula is C24H34O4S. The van der Waals surface area contributed by atoms with Gasteiger partial charge in [-0.1, -0.05) is 60.6 Å². The van der Waals surface area contributed by atoms with Gasteiger partial charge in [0.15, 0.2) is 6.29 Å². The Bertz CT molecular complexity index is 667. The van der Waals surface area contributed by atoms with Crippen LogP contribution in [0.2, 0.25) is 0 Å². The summed E-state index contributed by atoms with van der Waals surface area (Å²) in [6, 6.07) is 9.80. The number of benzene rings is 1. The van der Waals surface area contributed by atoms with Crippen molar-refractivity contribution in [1.82, 2.24) is 0 Å². The normalized spacial score (nSPS) is 19.4. The maximum Gasteiger partial charge on any atom is 0.326 e. The van der Waals surface area contributed by atoms with Crippen LogP contribution in [0.15, 0.2) is 54.1 Å². The smallest absolute Gasteiger partial charge is 0.326 e. The Morgan fingerprint density at radius 2 is 1.93 bits per heavy atom. The van der Waals surface area contributed by atoms with E-state index in [4.69, 9.17) is 14.2 Å². The van der Waals surface area contributed by atoms with E-state index in [2.05, 4.69) is 18.2 Å². The molecule has 0 radical (unpaired) electrons. The third-order valence-corrected chi connectivity index (χ3v) is 6.35. The Morgan fingerprint density at radius 1 is 1.17 bits per heavy atom. The number of allylic oxidation sites excluding steroid dienone is 3. The van der Waals surface area contributed by atoms with Crippen molar-refractivity contribution in [3.05, 3.63) is 59.7 Å². The molecule has 1 aromatic carbocycles. The summed E-state index contributed by atoms with van der Waals surface area (Å²) < 4.78 is 15.5. The molecule has 0 N–H and O–H groups in total. The van der Waals surface area contributed by atoms with Crippen molar-refractivity contribution in [3.8, 4) is 0 Å². The van der Waals surface area contributed by atoms with E-state index in [1.54, 1.807) is 26.0 Å². The number of ether oxygens (including phenoxy) is 3. The predicted octanol–water partition coefficient (Wildman–Crippen LogP) is 5.68. The average Bonchev–Trinajstić information content (AvgIpc) is 2.72. The van der Waals surface area contributed by atoms with Gasteiger partial charge >= 0.3 is 5.97 Å². The van der Waals surface area contributed by atoms with Gasteiger partial charge in [0.05, 0.1) is 0 Å². The lowest BCUT2D eigenvalue weighted by atomic mass is 9.98. The number of carbonyl (C=O) groups is 1. The SMILES string of the molecule is COC(CCS[C@](C)(/C=C1/C=C\CCCCC1)C(=O)OCc1ccccc1)OC. The van der Waals surface area contributed by atoms with Gasteiger partial charge in [0.2, 0.25) is 0 Å². The molecule has 0 bridgehead atoms. The van der Waals surface area contributed by atoms with Crippen molar-refractivity contribution in [2.45, 2.75) is 63.1 Å². The van der Waals surface area contributed by atoms with E-state index in [9.17, 15) is 4.79 Å². The standard InChI is InChI=1S/C24H34O4S/c1-24(29-17-16-22(26-2)27-3,18-20-12-8-5-4-6-9-13-20)23(25)28-19-21-14-10-7-11-15-21/h7-8,10-12,14-15,18,22H,4-6,9,13,16-17,19H2,1-3H3/b12-8-,20-18-/t24-/m1/s1. The van der Waals surface area contributed by atoms with Gasteiger partial charge in [-0.15, -0.1) is 11.8 Å². The first kappa shape index (κ1) is 23.7. The molecule has 1 aromatic rings. The highest BCUT2D eigenvalue weighted by Crippen LogP contribution is 2.33. The van der Waals surface area contributed by atoms with E-state index in [-0.39, 0.29) is 18.9 Å². The molecule has 0 aliphatic heterocycles. The fourth-order valence-corrected chi connectivity index (χ4v) is 4.43. The Kier molecular flexibility index (Phi) is 10.5. The van der Waals surface area contributed by atoms with Gasteiger partial charge < -0.3 is 14.2 Å². The minimum atomic E-state index is -0.750. The molecule has 0 aromatic heterocycles. The largest absolute Gasteiger partial charge is 0.460 e. The van der Waals surface area contributed by atoms with Crippen molar-refractivity contribution in [1.29, 1.82) is 0 Å². The number of methoxy groups -OCH3 is 2. The molecular weight excluding hydrogens is 384 g/mol. The molecule has 0 heterocycles. The predicted molar refractivity (Wildman–Crippen MR) is 120 cm³/mol. The van der Waals surface area contributed by atoms with Gasteiger partial charge in [-0.05, 0) is 43.9 Å². The molecule has 0 saturated heterocycles. The third-order valence-electron chi connectivity index (χ3n) is 5.03. The highest BCUT2D eigenvalue weighted by molar-refractivity contribution is 8.01. The van der Waals surface area contributed by atoms with Crippen LogP contribution in [-0.2, 0) is 25.6 Å². The molecule has 4 nitrogen and oxygen atoms in total. The van der Waals surface area contributed by atoms with E-state index < -0.39 is 4.75 Å². The van der Waals surface area contributed by atoms with Crippen LogP contribution in [0, 0.1) is 0 Å². The minimum absolute atomic E-state index is 0.208. The van der Waals surface area contributed by atoms with Crippen LogP contribution < -0.4 is 0 Å². The maximum atomic E-state index is 13.1. The summed E-state index contributed by atoms with van der Waals surface area (Å²) in [7, 11) is 3.26. The third kappa shape index (κ3) is 8.37. The molecule has 5 heteroatoms. The highest BCUT2D eigenvalue weighted by Gasteiger charge is 2.34. The van der Waals surface area contributed by atoms with E-state index in [1.165, 1.54) is 18.4 Å². The minimum Gasteiger partial charge on any atom is -0.460 e. The first-order valence-corrected chi connectivity index (χ1v) is 11.3. The monoisotopic (exact) mass is 418 g/mol. The molecule has 2 rings (SSSR count). The molecule has 1 aliphatic carbocycles. The summed E-state index contributed by atoms with van der Waals surface area (Å²) in [6.45, 7) is 2.24. The number of esters is 1. The van der Waals surface area contributed by atoms with Crippen molar-refractivity contribution < 1.29 is 19.0 Å². The Hall–Kier alpha value is -1.56. The van der Waals surface area contributed by atoms with Gasteiger partial charge in [-0.3, -0.25) is 4.79 Å². The lowest BCUT2D eigenvalue weighted by Gasteiger charge is -2.26. The highest BCUT2D eigenvalue weighted by atomic mass is 32.2. The van der Waals surface area contributed by atoms with Gasteiger partial charge in [-0.25, -0.2) is 0 Å². The van der Waals surface area contributed by atoms with Crippen molar-refractivity contribution >= 4 is 17.7 Å². The van der Waals surface area contributed by atoms with Crippen LogP contribution in [0.4, 0.5) is 0 Å². The number of thioether (sulfide) groups is 1. The molecule has 1 aliphatic rings. The van der Waals surface area contributed by atoms with Gasteiger partial charge in [0, 0.05) is 20.6 Å². The van der Waals surface area contributed by atoms with Crippen molar-refractivity contribution in [2.75, 3.05) is 20.0 Å². The van der Waals surface area contributed by atoms with Crippen LogP contribution in [0.5, 0.6) is 0 Å². The summed E-state index contributed by atoms with van der Waals surface area (Å²) in [6.07, 6.45) is 12.7. The molecule has 0 amide bonds. The van der Waals surface area contributed by atoms with E-state index in [1.807, 2.05) is 37.3 Å². The lowest BCUT2D eigenvalue weighted by Crippen LogP contribution is -2.33. The topological polar surface area (TPSA) is 44.8 Å². The van der Waals surface area contributed by atoms with E-state index >= 15 is 0 Å². The number of carbonyl (C=O) groups excluding carboxylic acids is 1. The van der Waals surface area contributed by atoms with Crippen molar-refractivity contribution in [2.24, 2.45) is 0 Å². The second-order valence-electron chi connectivity index (χ2n) is 7.43. The van der Waals surface area contributed by atoms with Crippen LogP contribution in [0.3, 0.4) is 0 Å². The van der Waals surface area contributed by atoms with Gasteiger partial charge in [0.1, 0.15) is 11.4 Å². The molecule has 0 spiro atoms. The number of hydrogen-bond donors (Lipinski definition) is 0. The fourth-order valence-electron chi connectivity index (χ4n) is 3.29. The first-order valence-electron chi connectivity index (χ1n) is 10.4. The molecule has 1 atom stereocenters. The quantitative estimate of drug-likeness (QED) is 0.361. The van der Waals surface area contributed by atoms with Crippen LogP contribution in [-0.4, -0.2) is 37.0 Å². The summed E-state index contributed by atoms with van der Waals surface area (Å²) in [4.78, 5) is 13.1. The van der Waals surface area contributed by atoms with Crippen LogP contribution in [0.1, 0.15) is 51.0 Å².